The van der Waals surface area contributed by atoms with E-state index in [9.17, 15) is 4.79 Å². The number of amides is 1. The maximum absolute atomic E-state index is 12.5. The van der Waals surface area contributed by atoms with Crippen LogP contribution in [-0.4, -0.2) is 50.3 Å². The Labute approximate surface area is 160 Å². The Bertz CT molecular complexity index is 821. The van der Waals surface area contributed by atoms with Gasteiger partial charge in [-0.25, -0.2) is 14.3 Å². The van der Waals surface area contributed by atoms with E-state index >= 15 is 0 Å². The number of piperidine rings is 1. The summed E-state index contributed by atoms with van der Waals surface area (Å²) in [6, 6.07) is 3.96. The lowest BCUT2D eigenvalue weighted by molar-refractivity contribution is 0.0114. The topological polar surface area (TPSA) is 71.8 Å². The van der Waals surface area contributed by atoms with Crippen molar-refractivity contribution in [1.82, 2.24) is 19.5 Å². The monoisotopic (exact) mass is 371 g/mol. The van der Waals surface area contributed by atoms with Gasteiger partial charge in [-0.2, -0.15) is 0 Å². The average Bonchev–Trinajstić information content (AvgIpc) is 3.01. The molecule has 0 radical (unpaired) electrons. The van der Waals surface area contributed by atoms with E-state index in [1.165, 1.54) is 0 Å². The van der Waals surface area contributed by atoms with E-state index in [4.69, 9.17) is 4.74 Å². The molecule has 1 atom stereocenters. The van der Waals surface area contributed by atoms with Crippen LogP contribution in [0.4, 0.5) is 10.6 Å². The Morgan fingerprint density at radius 2 is 2.19 bits per heavy atom. The third-order valence-corrected chi connectivity index (χ3v) is 4.50. The number of carbonyl (C=O) groups excluding carboxylic acids is 1. The number of ether oxygens (including phenoxy) is 1. The molecule has 1 aliphatic heterocycles. The smallest absolute Gasteiger partial charge is 0.410 e. The van der Waals surface area contributed by atoms with Crippen molar-refractivity contribution in [3.05, 3.63) is 30.1 Å². The summed E-state index contributed by atoms with van der Waals surface area (Å²) in [5.74, 6) is 0.765. The molecule has 1 saturated heterocycles. The Balaban J connectivity index is 1.69. The van der Waals surface area contributed by atoms with E-state index < -0.39 is 5.60 Å². The van der Waals surface area contributed by atoms with Crippen molar-refractivity contribution in [2.75, 3.05) is 18.4 Å². The fourth-order valence-electron chi connectivity index (χ4n) is 3.27. The zero-order valence-electron chi connectivity index (χ0n) is 16.6. The SMILES string of the molecule is C/C=C/c1cnc2ccc(NC[C@@H]3CCCCN3C(=O)OC(C)(C)C)nn12. The molecule has 7 nitrogen and oxygen atoms in total. The van der Waals surface area contributed by atoms with Crippen LogP contribution in [0.25, 0.3) is 11.7 Å². The van der Waals surface area contributed by atoms with Crippen LogP contribution >= 0.6 is 0 Å². The number of hydrogen-bond acceptors (Lipinski definition) is 5. The van der Waals surface area contributed by atoms with Gasteiger partial charge in [0.15, 0.2) is 5.65 Å². The van der Waals surface area contributed by atoms with Crippen molar-refractivity contribution >= 4 is 23.6 Å². The molecule has 0 bridgehead atoms. The molecular formula is C20H29N5O2. The molecule has 0 unspecified atom stereocenters. The first-order chi connectivity index (χ1) is 12.9. The highest BCUT2D eigenvalue weighted by atomic mass is 16.6. The lowest BCUT2D eigenvalue weighted by Gasteiger charge is -2.36. The summed E-state index contributed by atoms with van der Waals surface area (Å²) in [5.41, 5.74) is 1.26. The van der Waals surface area contributed by atoms with Gasteiger partial charge in [-0.1, -0.05) is 6.08 Å². The molecule has 1 N–H and O–H groups in total. The van der Waals surface area contributed by atoms with Gasteiger partial charge < -0.3 is 15.0 Å². The average molecular weight is 371 g/mol. The number of rotatable bonds is 4. The molecule has 27 heavy (non-hydrogen) atoms. The number of aromatic nitrogens is 3. The van der Waals surface area contributed by atoms with Crippen LogP contribution in [0.2, 0.25) is 0 Å². The first-order valence-electron chi connectivity index (χ1n) is 9.58. The molecule has 2 aromatic heterocycles. The number of likely N-dealkylation sites (tertiary alicyclic amines) is 1. The summed E-state index contributed by atoms with van der Waals surface area (Å²) in [6.07, 6.45) is 8.60. The van der Waals surface area contributed by atoms with Crippen LogP contribution in [0.5, 0.6) is 0 Å². The fraction of sp³-hybridized carbons (Fsp3) is 0.550. The summed E-state index contributed by atoms with van der Waals surface area (Å²) in [7, 11) is 0. The van der Waals surface area contributed by atoms with E-state index in [1.807, 2.05) is 61.4 Å². The van der Waals surface area contributed by atoms with Gasteiger partial charge in [0.1, 0.15) is 11.4 Å². The molecule has 0 saturated carbocycles. The zero-order valence-corrected chi connectivity index (χ0v) is 16.6. The minimum absolute atomic E-state index is 0.101. The maximum atomic E-state index is 12.5. The molecule has 146 valence electrons. The predicted octanol–water partition coefficient (Wildman–Crippen LogP) is 3.96. The van der Waals surface area contributed by atoms with E-state index in [1.54, 1.807) is 6.20 Å². The number of fused-ring (bicyclic) bond motifs is 1. The van der Waals surface area contributed by atoms with Crippen molar-refractivity contribution in [3.63, 3.8) is 0 Å². The molecule has 3 heterocycles. The molecule has 2 aromatic rings. The van der Waals surface area contributed by atoms with Gasteiger partial charge in [0.05, 0.1) is 17.9 Å². The summed E-state index contributed by atoms with van der Waals surface area (Å²) >= 11 is 0. The van der Waals surface area contributed by atoms with Crippen molar-refractivity contribution in [2.45, 2.75) is 58.6 Å². The Hall–Kier alpha value is -2.57. The molecule has 0 aliphatic carbocycles. The van der Waals surface area contributed by atoms with Gasteiger partial charge in [0, 0.05) is 13.1 Å². The molecule has 1 amide bonds. The van der Waals surface area contributed by atoms with Gasteiger partial charge >= 0.3 is 6.09 Å². The van der Waals surface area contributed by atoms with Gasteiger partial charge in [-0.3, -0.25) is 0 Å². The normalized spacial score (nSPS) is 18.2. The van der Waals surface area contributed by atoms with E-state index in [-0.39, 0.29) is 12.1 Å². The minimum Gasteiger partial charge on any atom is -0.444 e. The highest BCUT2D eigenvalue weighted by Gasteiger charge is 2.30. The first-order valence-corrected chi connectivity index (χ1v) is 9.58. The Morgan fingerprint density at radius 3 is 2.93 bits per heavy atom. The lowest BCUT2D eigenvalue weighted by atomic mass is 10.0. The second-order valence-electron chi connectivity index (χ2n) is 7.88. The Kier molecular flexibility index (Phi) is 5.68. The van der Waals surface area contributed by atoms with Gasteiger partial charge in [-0.05, 0) is 65.2 Å². The standard InChI is InChI=1S/C20H29N5O2/c1-5-8-16-14-22-18-11-10-17(23-25(16)18)21-13-15-9-6-7-12-24(15)19(26)27-20(2,3)4/h5,8,10-11,14-15H,6-7,9,12-13H2,1-4H3,(H,21,23)/b8-5+/t15-/m0/s1. The quantitative estimate of drug-likeness (QED) is 0.881. The second kappa shape index (κ2) is 7.98. The number of anilines is 1. The van der Waals surface area contributed by atoms with Crippen molar-refractivity contribution in [1.29, 1.82) is 0 Å². The van der Waals surface area contributed by atoms with Crippen molar-refractivity contribution in [2.24, 2.45) is 0 Å². The molecule has 1 aliphatic rings. The minimum atomic E-state index is -0.482. The maximum Gasteiger partial charge on any atom is 0.410 e. The summed E-state index contributed by atoms with van der Waals surface area (Å²) < 4.78 is 7.39. The number of nitrogens with zero attached hydrogens (tertiary/aromatic N) is 4. The van der Waals surface area contributed by atoms with Gasteiger partial charge in [0.25, 0.3) is 0 Å². The van der Waals surface area contributed by atoms with Crippen LogP contribution in [0.3, 0.4) is 0 Å². The summed E-state index contributed by atoms with van der Waals surface area (Å²) in [6.45, 7) is 9.04. The third-order valence-electron chi connectivity index (χ3n) is 4.50. The second-order valence-corrected chi connectivity index (χ2v) is 7.88. The van der Waals surface area contributed by atoms with Crippen LogP contribution < -0.4 is 5.32 Å². The number of carbonyl (C=O) groups is 1. The largest absolute Gasteiger partial charge is 0.444 e. The first kappa shape index (κ1) is 19.2. The molecular weight excluding hydrogens is 342 g/mol. The third kappa shape index (κ3) is 4.78. The number of allylic oxidation sites excluding steroid dienone is 1. The number of hydrogen-bond donors (Lipinski definition) is 1. The van der Waals surface area contributed by atoms with E-state index in [2.05, 4.69) is 15.4 Å². The number of nitrogens with one attached hydrogen (secondary N) is 1. The van der Waals surface area contributed by atoms with Gasteiger partial charge in [0.2, 0.25) is 0 Å². The molecule has 1 fully saturated rings. The molecule has 7 heteroatoms. The van der Waals surface area contributed by atoms with Crippen LogP contribution in [0.1, 0.15) is 52.7 Å². The predicted molar refractivity (Wildman–Crippen MR) is 107 cm³/mol. The molecule has 0 aromatic carbocycles. The summed E-state index contributed by atoms with van der Waals surface area (Å²) in [5, 5.41) is 8.00. The van der Waals surface area contributed by atoms with Crippen LogP contribution in [-0.2, 0) is 4.74 Å². The molecule has 0 spiro atoms. The van der Waals surface area contributed by atoms with E-state index in [0.717, 1.165) is 43.0 Å². The molecule has 3 rings (SSSR count). The van der Waals surface area contributed by atoms with E-state index in [0.29, 0.717) is 6.54 Å². The highest BCUT2D eigenvalue weighted by Crippen LogP contribution is 2.21. The van der Waals surface area contributed by atoms with Crippen molar-refractivity contribution < 1.29 is 9.53 Å². The number of imidazole rings is 1. The van der Waals surface area contributed by atoms with Crippen LogP contribution in [0.15, 0.2) is 24.4 Å². The zero-order chi connectivity index (χ0) is 19.4. The Morgan fingerprint density at radius 1 is 1.37 bits per heavy atom. The van der Waals surface area contributed by atoms with Gasteiger partial charge in [-0.15, -0.1) is 5.10 Å². The van der Waals surface area contributed by atoms with Crippen molar-refractivity contribution in [3.8, 4) is 0 Å². The summed E-state index contributed by atoms with van der Waals surface area (Å²) in [4.78, 5) is 18.7. The lowest BCUT2D eigenvalue weighted by Crippen LogP contribution is -2.49. The highest BCUT2D eigenvalue weighted by molar-refractivity contribution is 5.68. The fourth-order valence-corrected chi connectivity index (χ4v) is 3.27. The van der Waals surface area contributed by atoms with Crippen LogP contribution in [0, 0.1) is 0 Å².